The Kier molecular flexibility index (Phi) is 6.20. The Balaban J connectivity index is 0.00000256. The van der Waals surface area contributed by atoms with Gasteiger partial charge in [0.15, 0.2) is 15.8 Å². The summed E-state index contributed by atoms with van der Waals surface area (Å²) in [6, 6.07) is 0. The number of nitrogens with zero attached hydrogens (tertiary/aromatic N) is 2. The number of rotatable bonds is 1. The van der Waals surface area contributed by atoms with E-state index >= 15 is 0 Å². The molecule has 0 spiro atoms. The third-order valence-corrected chi connectivity index (χ3v) is 5.42. The Morgan fingerprint density at radius 1 is 1.47 bits per heavy atom. The van der Waals surface area contributed by atoms with Crippen LogP contribution in [0.3, 0.4) is 0 Å². The lowest BCUT2D eigenvalue weighted by Gasteiger charge is -2.39. The van der Waals surface area contributed by atoms with Crippen LogP contribution in [0.15, 0.2) is 4.99 Å². The lowest BCUT2D eigenvalue weighted by molar-refractivity contribution is 0.354. The summed E-state index contributed by atoms with van der Waals surface area (Å²) in [6.07, 6.45) is 0. The molecule has 102 valence electrons. The van der Waals surface area contributed by atoms with E-state index in [0.717, 1.165) is 12.5 Å². The standard InChI is InChI=1S/C10H21N3O2S.HI/c1-5-12-9(11-4)13-6-7-16(14,15)10(2,3)8-13;/h5-8H2,1-4H3,(H,11,12);1H. The fraction of sp³-hybridized carbons (Fsp3) is 0.900. The molecule has 0 bridgehead atoms. The highest BCUT2D eigenvalue weighted by Gasteiger charge is 2.40. The lowest BCUT2D eigenvalue weighted by Crippen LogP contribution is -2.57. The van der Waals surface area contributed by atoms with Crippen LogP contribution in [0.25, 0.3) is 0 Å². The van der Waals surface area contributed by atoms with Crippen molar-refractivity contribution in [3.63, 3.8) is 0 Å². The van der Waals surface area contributed by atoms with Crippen molar-refractivity contribution in [2.24, 2.45) is 4.99 Å². The van der Waals surface area contributed by atoms with Gasteiger partial charge in [0.05, 0.1) is 10.5 Å². The molecule has 1 aliphatic rings. The van der Waals surface area contributed by atoms with Gasteiger partial charge in [0.25, 0.3) is 0 Å². The largest absolute Gasteiger partial charge is 0.357 e. The average molecular weight is 375 g/mol. The number of halogens is 1. The molecule has 0 aromatic rings. The Morgan fingerprint density at radius 2 is 2.06 bits per heavy atom. The normalized spacial score (nSPS) is 22.8. The summed E-state index contributed by atoms with van der Waals surface area (Å²) < 4.78 is 23.0. The van der Waals surface area contributed by atoms with Gasteiger partial charge in [-0.05, 0) is 20.8 Å². The molecule has 0 aliphatic carbocycles. The van der Waals surface area contributed by atoms with E-state index in [1.165, 1.54) is 0 Å². The summed E-state index contributed by atoms with van der Waals surface area (Å²) in [7, 11) is -1.26. The molecule has 5 nitrogen and oxygen atoms in total. The molecule has 0 atom stereocenters. The first-order chi connectivity index (χ1) is 7.34. The quantitative estimate of drug-likeness (QED) is 0.417. The van der Waals surface area contributed by atoms with Gasteiger partial charge in [-0.3, -0.25) is 4.99 Å². The zero-order chi connectivity index (χ0) is 12.4. The van der Waals surface area contributed by atoms with E-state index in [1.807, 2.05) is 11.8 Å². The molecule has 7 heteroatoms. The second-order valence-electron chi connectivity index (χ2n) is 4.58. The fourth-order valence-corrected chi connectivity index (χ4v) is 3.18. The van der Waals surface area contributed by atoms with Crippen LogP contribution in [-0.4, -0.2) is 56.5 Å². The van der Waals surface area contributed by atoms with Crippen molar-refractivity contribution in [2.45, 2.75) is 25.5 Å². The van der Waals surface area contributed by atoms with Gasteiger partial charge in [0.2, 0.25) is 0 Å². The van der Waals surface area contributed by atoms with E-state index < -0.39 is 14.6 Å². The molecule has 0 unspecified atom stereocenters. The summed E-state index contributed by atoms with van der Waals surface area (Å²) in [5.74, 6) is 0.982. The second kappa shape index (κ2) is 6.21. The van der Waals surface area contributed by atoms with Crippen LogP contribution < -0.4 is 5.32 Å². The van der Waals surface area contributed by atoms with E-state index in [9.17, 15) is 8.42 Å². The van der Waals surface area contributed by atoms with Gasteiger partial charge in [-0.2, -0.15) is 0 Å². The zero-order valence-corrected chi connectivity index (χ0v) is 14.0. The van der Waals surface area contributed by atoms with Crippen LogP contribution in [0.1, 0.15) is 20.8 Å². The Bertz CT molecular complexity index is 379. The van der Waals surface area contributed by atoms with Gasteiger partial charge in [0, 0.05) is 26.7 Å². The first kappa shape index (κ1) is 16.9. The number of aliphatic imine (C=N–C) groups is 1. The minimum absolute atomic E-state index is 0. The predicted octanol–water partition coefficient (Wildman–Crippen LogP) is 0.709. The molecule has 0 saturated carbocycles. The predicted molar refractivity (Wildman–Crippen MR) is 81.9 cm³/mol. The monoisotopic (exact) mass is 375 g/mol. The number of sulfone groups is 1. The molecule has 1 saturated heterocycles. The fourth-order valence-electron chi connectivity index (χ4n) is 1.81. The van der Waals surface area contributed by atoms with Crippen molar-refractivity contribution < 1.29 is 8.42 Å². The first-order valence-corrected chi connectivity index (χ1v) is 7.17. The Hall–Kier alpha value is -0.0500. The van der Waals surface area contributed by atoms with Crippen molar-refractivity contribution in [3.8, 4) is 0 Å². The van der Waals surface area contributed by atoms with Crippen molar-refractivity contribution in [1.29, 1.82) is 0 Å². The molecule has 1 aliphatic heterocycles. The van der Waals surface area contributed by atoms with E-state index in [1.54, 1.807) is 20.9 Å². The molecule has 17 heavy (non-hydrogen) atoms. The molecule has 0 amide bonds. The third-order valence-electron chi connectivity index (χ3n) is 2.89. The van der Waals surface area contributed by atoms with E-state index in [0.29, 0.717) is 13.1 Å². The van der Waals surface area contributed by atoms with Gasteiger partial charge in [0.1, 0.15) is 0 Å². The van der Waals surface area contributed by atoms with Gasteiger partial charge in [-0.1, -0.05) is 0 Å². The summed E-state index contributed by atoms with van der Waals surface area (Å²) in [5.41, 5.74) is 0. The molecular weight excluding hydrogens is 353 g/mol. The van der Waals surface area contributed by atoms with Crippen molar-refractivity contribution >= 4 is 39.8 Å². The molecule has 1 heterocycles. The van der Waals surface area contributed by atoms with Crippen LogP contribution in [0.4, 0.5) is 0 Å². The van der Waals surface area contributed by atoms with Crippen LogP contribution in [0.5, 0.6) is 0 Å². The average Bonchev–Trinajstić information content (AvgIpc) is 2.19. The van der Waals surface area contributed by atoms with Crippen LogP contribution in [-0.2, 0) is 9.84 Å². The molecule has 1 N–H and O–H groups in total. The minimum Gasteiger partial charge on any atom is -0.357 e. The molecule has 0 radical (unpaired) electrons. The highest BCUT2D eigenvalue weighted by atomic mass is 127. The van der Waals surface area contributed by atoms with E-state index in [-0.39, 0.29) is 29.7 Å². The lowest BCUT2D eigenvalue weighted by atomic mass is 10.2. The molecule has 0 aromatic heterocycles. The molecule has 0 aromatic carbocycles. The van der Waals surface area contributed by atoms with Crippen LogP contribution >= 0.6 is 24.0 Å². The zero-order valence-electron chi connectivity index (χ0n) is 10.9. The summed E-state index contributed by atoms with van der Waals surface area (Å²) in [4.78, 5) is 6.16. The highest BCUT2D eigenvalue weighted by Crippen LogP contribution is 2.23. The minimum atomic E-state index is -2.98. The Morgan fingerprint density at radius 3 is 2.47 bits per heavy atom. The maximum atomic E-state index is 11.8. The second-order valence-corrected chi connectivity index (χ2v) is 7.32. The summed E-state index contributed by atoms with van der Waals surface area (Å²) >= 11 is 0. The SMILES string of the molecule is CCNC(=NC)N1CCS(=O)(=O)C(C)(C)C1.I. The van der Waals surface area contributed by atoms with Crippen LogP contribution in [0.2, 0.25) is 0 Å². The van der Waals surface area contributed by atoms with E-state index in [2.05, 4.69) is 10.3 Å². The topological polar surface area (TPSA) is 61.8 Å². The summed E-state index contributed by atoms with van der Waals surface area (Å²) in [5, 5.41) is 3.15. The molecule has 1 rings (SSSR count). The summed E-state index contributed by atoms with van der Waals surface area (Å²) in [6.45, 7) is 7.34. The number of guanidine groups is 1. The highest BCUT2D eigenvalue weighted by molar-refractivity contribution is 14.0. The van der Waals surface area contributed by atoms with E-state index in [4.69, 9.17) is 0 Å². The van der Waals surface area contributed by atoms with Crippen molar-refractivity contribution in [1.82, 2.24) is 10.2 Å². The van der Waals surface area contributed by atoms with Gasteiger partial charge < -0.3 is 10.2 Å². The molecular formula is C10H22IN3O2S. The van der Waals surface area contributed by atoms with Gasteiger partial charge in [-0.15, -0.1) is 24.0 Å². The molecule has 1 fully saturated rings. The van der Waals surface area contributed by atoms with Crippen molar-refractivity contribution in [3.05, 3.63) is 0 Å². The smallest absolute Gasteiger partial charge is 0.193 e. The van der Waals surface area contributed by atoms with Gasteiger partial charge in [-0.25, -0.2) is 8.42 Å². The number of hydrogen-bond acceptors (Lipinski definition) is 3. The number of hydrogen-bond donors (Lipinski definition) is 1. The maximum absolute atomic E-state index is 11.8. The van der Waals surface area contributed by atoms with Crippen molar-refractivity contribution in [2.75, 3.05) is 32.4 Å². The third kappa shape index (κ3) is 3.70. The maximum Gasteiger partial charge on any atom is 0.193 e. The first-order valence-electron chi connectivity index (χ1n) is 5.52. The van der Waals surface area contributed by atoms with Crippen LogP contribution in [0, 0.1) is 0 Å². The Labute approximate surface area is 121 Å². The van der Waals surface area contributed by atoms with Gasteiger partial charge >= 0.3 is 0 Å². The number of nitrogens with one attached hydrogen (secondary N) is 1.